The number of hydrogen-bond acceptors (Lipinski definition) is 3. The second-order valence-electron chi connectivity index (χ2n) is 6.12. The largest absolute Gasteiger partial charge is 0.315 e. The van der Waals surface area contributed by atoms with Gasteiger partial charge in [0.05, 0.1) is 0 Å². The van der Waals surface area contributed by atoms with Crippen LogP contribution in [-0.2, 0) is 0 Å². The van der Waals surface area contributed by atoms with E-state index in [9.17, 15) is 0 Å². The number of hydrogen-bond donors (Lipinski definition) is 2. The van der Waals surface area contributed by atoms with E-state index in [0.29, 0.717) is 0 Å². The van der Waals surface area contributed by atoms with Crippen molar-refractivity contribution < 1.29 is 0 Å². The Balaban J connectivity index is 1.51. The molecule has 1 aliphatic heterocycles. The lowest BCUT2D eigenvalue weighted by Gasteiger charge is -2.31. The molecule has 2 N–H and O–H groups in total. The summed E-state index contributed by atoms with van der Waals surface area (Å²) in [5.74, 6) is 0. The molecule has 0 aromatic carbocycles. The number of rotatable bonds is 6. The maximum atomic E-state index is 3.69. The molecule has 18 heavy (non-hydrogen) atoms. The zero-order valence-electron chi connectivity index (χ0n) is 12.1. The minimum absolute atomic E-state index is 0.721. The van der Waals surface area contributed by atoms with Gasteiger partial charge in [0.2, 0.25) is 0 Å². The minimum atomic E-state index is 0.721. The normalized spacial score (nSPS) is 26.7. The van der Waals surface area contributed by atoms with Crippen LogP contribution in [0.5, 0.6) is 0 Å². The molecule has 0 radical (unpaired) electrons. The topological polar surface area (TPSA) is 27.3 Å². The second-order valence-corrected chi connectivity index (χ2v) is 6.12. The average Bonchev–Trinajstić information content (AvgIpc) is 2.45. The standard InChI is InChI=1S/C15H31N3/c1-18(15-8-3-2-4-9-15)12-6-11-17-14-7-5-10-16-13-14/h14-17H,2-13H2,1H3. The third kappa shape index (κ3) is 4.87. The van der Waals surface area contributed by atoms with Crippen LogP contribution in [0.4, 0.5) is 0 Å². The Kier molecular flexibility index (Phi) is 6.46. The second kappa shape index (κ2) is 8.13. The van der Waals surface area contributed by atoms with Crippen molar-refractivity contribution in [1.29, 1.82) is 0 Å². The van der Waals surface area contributed by atoms with Crippen molar-refractivity contribution in [3.63, 3.8) is 0 Å². The summed E-state index contributed by atoms with van der Waals surface area (Å²) in [6.45, 7) is 4.82. The molecule has 106 valence electrons. The Labute approximate surface area is 113 Å². The van der Waals surface area contributed by atoms with E-state index in [1.165, 1.54) is 77.5 Å². The monoisotopic (exact) mass is 253 g/mol. The van der Waals surface area contributed by atoms with Gasteiger partial charge in [0.25, 0.3) is 0 Å². The third-order valence-corrected chi connectivity index (χ3v) is 4.62. The molecule has 1 aliphatic carbocycles. The molecule has 2 rings (SSSR count). The summed E-state index contributed by atoms with van der Waals surface area (Å²) in [4.78, 5) is 2.60. The van der Waals surface area contributed by atoms with Gasteiger partial charge < -0.3 is 15.5 Å². The van der Waals surface area contributed by atoms with Gasteiger partial charge in [0, 0.05) is 18.6 Å². The van der Waals surface area contributed by atoms with Crippen molar-refractivity contribution >= 4 is 0 Å². The Morgan fingerprint density at radius 3 is 2.67 bits per heavy atom. The van der Waals surface area contributed by atoms with Crippen molar-refractivity contribution in [3.8, 4) is 0 Å². The molecule has 0 aromatic rings. The van der Waals surface area contributed by atoms with Gasteiger partial charge in [0.1, 0.15) is 0 Å². The van der Waals surface area contributed by atoms with Gasteiger partial charge in [-0.1, -0.05) is 19.3 Å². The fraction of sp³-hybridized carbons (Fsp3) is 1.00. The van der Waals surface area contributed by atoms with Crippen LogP contribution in [0.3, 0.4) is 0 Å². The molecule has 3 nitrogen and oxygen atoms in total. The Morgan fingerprint density at radius 2 is 1.94 bits per heavy atom. The zero-order chi connectivity index (χ0) is 12.6. The SMILES string of the molecule is CN(CCCNC1CCCNC1)C1CCCCC1. The zero-order valence-corrected chi connectivity index (χ0v) is 12.1. The lowest BCUT2D eigenvalue weighted by atomic mass is 9.94. The van der Waals surface area contributed by atoms with E-state index in [0.717, 1.165) is 12.1 Å². The van der Waals surface area contributed by atoms with Crippen LogP contribution in [0.1, 0.15) is 51.4 Å². The fourth-order valence-corrected chi connectivity index (χ4v) is 3.37. The molecule has 1 atom stereocenters. The summed E-state index contributed by atoms with van der Waals surface area (Å²) in [6, 6.07) is 1.59. The molecule has 1 saturated heterocycles. The van der Waals surface area contributed by atoms with E-state index in [2.05, 4.69) is 22.6 Å². The van der Waals surface area contributed by atoms with Gasteiger partial charge in [0.15, 0.2) is 0 Å². The maximum absolute atomic E-state index is 3.69. The third-order valence-electron chi connectivity index (χ3n) is 4.62. The fourth-order valence-electron chi connectivity index (χ4n) is 3.37. The molecule has 0 aromatic heterocycles. The summed E-state index contributed by atoms with van der Waals surface area (Å²) in [7, 11) is 2.32. The number of piperidine rings is 1. The molecule has 1 saturated carbocycles. The van der Waals surface area contributed by atoms with Crippen molar-refractivity contribution in [2.24, 2.45) is 0 Å². The van der Waals surface area contributed by atoms with Gasteiger partial charge in [-0.2, -0.15) is 0 Å². The molecular weight excluding hydrogens is 222 g/mol. The molecule has 3 heteroatoms. The Morgan fingerprint density at radius 1 is 1.11 bits per heavy atom. The van der Waals surface area contributed by atoms with E-state index in [1.54, 1.807) is 0 Å². The molecule has 2 fully saturated rings. The number of nitrogens with one attached hydrogen (secondary N) is 2. The quantitative estimate of drug-likeness (QED) is 0.709. The van der Waals surface area contributed by atoms with Crippen LogP contribution < -0.4 is 10.6 Å². The molecule has 0 spiro atoms. The molecule has 0 amide bonds. The van der Waals surface area contributed by atoms with Gasteiger partial charge >= 0.3 is 0 Å². The highest BCUT2D eigenvalue weighted by Gasteiger charge is 2.17. The summed E-state index contributed by atoms with van der Waals surface area (Å²) < 4.78 is 0. The first kappa shape index (κ1) is 14.3. The maximum Gasteiger partial charge on any atom is 0.0192 e. The molecule has 0 bridgehead atoms. The molecule has 2 aliphatic rings. The van der Waals surface area contributed by atoms with Crippen molar-refractivity contribution in [3.05, 3.63) is 0 Å². The summed E-state index contributed by atoms with van der Waals surface area (Å²) in [6.07, 6.45) is 11.2. The van der Waals surface area contributed by atoms with Gasteiger partial charge in [-0.25, -0.2) is 0 Å². The summed E-state index contributed by atoms with van der Waals surface area (Å²) in [5.41, 5.74) is 0. The van der Waals surface area contributed by atoms with Crippen LogP contribution in [0.25, 0.3) is 0 Å². The number of nitrogens with zero attached hydrogens (tertiary/aromatic N) is 1. The van der Waals surface area contributed by atoms with E-state index < -0.39 is 0 Å². The highest BCUT2D eigenvalue weighted by atomic mass is 15.1. The predicted octanol–water partition coefficient (Wildman–Crippen LogP) is 1.98. The smallest absolute Gasteiger partial charge is 0.0192 e. The molecule has 1 heterocycles. The lowest BCUT2D eigenvalue weighted by molar-refractivity contribution is 0.188. The summed E-state index contributed by atoms with van der Waals surface area (Å²) in [5, 5.41) is 7.15. The summed E-state index contributed by atoms with van der Waals surface area (Å²) >= 11 is 0. The van der Waals surface area contributed by atoms with Crippen molar-refractivity contribution in [2.75, 3.05) is 33.2 Å². The van der Waals surface area contributed by atoms with Crippen molar-refractivity contribution in [1.82, 2.24) is 15.5 Å². The highest BCUT2D eigenvalue weighted by Crippen LogP contribution is 2.21. The Bertz CT molecular complexity index is 208. The van der Waals surface area contributed by atoms with E-state index >= 15 is 0 Å². The van der Waals surface area contributed by atoms with Crippen molar-refractivity contribution in [2.45, 2.75) is 63.5 Å². The van der Waals surface area contributed by atoms with Crippen LogP contribution in [0.15, 0.2) is 0 Å². The van der Waals surface area contributed by atoms with E-state index in [4.69, 9.17) is 0 Å². The van der Waals surface area contributed by atoms with Crippen LogP contribution in [0, 0.1) is 0 Å². The van der Waals surface area contributed by atoms with E-state index in [-0.39, 0.29) is 0 Å². The van der Waals surface area contributed by atoms with Crippen LogP contribution >= 0.6 is 0 Å². The van der Waals surface area contributed by atoms with Crippen LogP contribution in [0.2, 0.25) is 0 Å². The lowest BCUT2D eigenvalue weighted by Crippen LogP contribution is -2.44. The molecular formula is C15H31N3. The molecule has 1 unspecified atom stereocenters. The minimum Gasteiger partial charge on any atom is -0.315 e. The van der Waals surface area contributed by atoms with Gasteiger partial charge in [-0.15, -0.1) is 0 Å². The van der Waals surface area contributed by atoms with Gasteiger partial charge in [-0.05, 0) is 58.8 Å². The first-order chi connectivity index (χ1) is 8.86. The van der Waals surface area contributed by atoms with Crippen LogP contribution in [-0.4, -0.2) is 50.2 Å². The first-order valence-corrected chi connectivity index (χ1v) is 8.00. The highest BCUT2D eigenvalue weighted by molar-refractivity contribution is 4.76. The average molecular weight is 253 g/mol. The van der Waals surface area contributed by atoms with E-state index in [1.807, 2.05) is 0 Å². The van der Waals surface area contributed by atoms with Gasteiger partial charge in [-0.3, -0.25) is 0 Å². The first-order valence-electron chi connectivity index (χ1n) is 8.00. The predicted molar refractivity (Wildman–Crippen MR) is 78.0 cm³/mol. The Hall–Kier alpha value is -0.120.